The third-order valence-electron chi connectivity index (χ3n) is 3.12. The highest BCUT2D eigenvalue weighted by molar-refractivity contribution is 7.93. The van der Waals surface area contributed by atoms with Crippen LogP contribution < -0.4 is 10.5 Å². The van der Waals surface area contributed by atoms with Gasteiger partial charge in [0.05, 0.1) is 10.6 Å². The Morgan fingerprint density at radius 2 is 1.95 bits per heavy atom. The number of aromatic nitrogens is 1. The zero-order valence-corrected chi connectivity index (χ0v) is 13.7. The number of thiazole rings is 1. The normalized spacial score (nSPS) is 11.6. The van der Waals surface area contributed by atoms with Crippen molar-refractivity contribution < 1.29 is 8.42 Å². The molecule has 0 aliphatic carbocycles. The third kappa shape index (κ3) is 3.81. The fourth-order valence-electron chi connectivity index (χ4n) is 1.98. The Bertz CT molecular complexity index is 706. The van der Waals surface area contributed by atoms with Gasteiger partial charge in [-0.05, 0) is 44.0 Å². The topological polar surface area (TPSA) is 85.1 Å². The fraction of sp³-hybridized carbons (Fsp3) is 0.357. The van der Waals surface area contributed by atoms with Gasteiger partial charge in [0.15, 0.2) is 5.13 Å². The van der Waals surface area contributed by atoms with Crippen molar-refractivity contribution in [1.82, 2.24) is 4.98 Å². The van der Waals surface area contributed by atoms with Gasteiger partial charge in [-0.2, -0.15) is 0 Å². The van der Waals surface area contributed by atoms with E-state index in [0.717, 1.165) is 29.0 Å². The van der Waals surface area contributed by atoms with Crippen LogP contribution in [0.2, 0.25) is 0 Å². The summed E-state index contributed by atoms with van der Waals surface area (Å²) in [5, 5.41) is 0.412. The molecule has 1 aromatic heterocycles. The average molecular weight is 325 g/mol. The van der Waals surface area contributed by atoms with Gasteiger partial charge in [0.1, 0.15) is 0 Å². The molecule has 0 aliphatic rings. The molecule has 3 N–H and O–H groups in total. The molecular weight excluding hydrogens is 306 g/mol. The second-order valence-corrected chi connectivity index (χ2v) is 7.55. The Hall–Kier alpha value is -1.44. The summed E-state index contributed by atoms with van der Waals surface area (Å²) in [7, 11) is -3.59. The van der Waals surface area contributed by atoms with E-state index in [2.05, 4.69) is 9.71 Å². The molecule has 0 amide bonds. The van der Waals surface area contributed by atoms with Crippen molar-refractivity contribution in [3.63, 3.8) is 0 Å². The van der Waals surface area contributed by atoms with Crippen molar-refractivity contribution in [3.05, 3.63) is 40.4 Å². The molecular formula is C14H19N3O2S2. The van der Waals surface area contributed by atoms with Crippen LogP contribution in [-0.4, -0.2) is 19.9 Å². The molecule has 0 unspecified atom stereocenters. The summed E-state index contributed by atoms with van der Waals surface area (Å²) in [5.74, 6) is 0. The summed E-state index contributed by atoms with van der Waals surface area (Å²) in [6, 6.07) is 6.75. The lowest BCUT2D eigenvalue weighted by Gasteiger charge is -2.06. The molecule has 7 heteroatoms. The molecule has 0 atom stereocenters. The molecule has 0 spiro atoms. The molecule has 0 radical (unpaired) electrons. The quantitative estimate of drug-likeness (QED) is 0.853. The Kier molecular flexibility index (Phi) is 4.97. The monoisotopic (exact) mass is 325 g/mol. The van der Waals surface area contributed by atoms with Gasteiger partial charge in [-0.1, -0.05) is 19.1 Å². The maximum atomic E-state index is 12.3. The summed E-state index contributed by atoms with van der Waals surface area (Å²) < 4.78 is 27.2. The summed E-state index contributed by atoms with van der Waals surface area (Å²) in [6.45, 7) is 4.48. The SMILES string of the molecule is CCc1nc(NS(=O)(=O)c2ccc(CCN)cc2)sc1C. The van der Waals surface area contributed by atoms with Gasteiger partial charge in [0.2, 0.25) is 0 Å². The first-order valence-electron chi connectivity index (χ1n) is 6.74. The van der Waals surface area contributed by atoms with E-state index >= 15 is 0 Å². The molecule has 2 rings (SSSR count). The Morgan fingerprint density at radius 1 is 1.29 bits per heavy atom. The van der Waals surface area contributed by atoms with Crippen molar-refractivity contribution in [2.75, 3.05) is 11.3 Å². The van der Waals surface area contributed by atoms with Crippen LogP contribution in [0.4, 0.5) is 5.13 Å². The van der Waals surface area contributed by atoms with Gasteiger partial charge in [-0.25, -0.2) is 13.4 Å². The number of hydrogen-bond acceptors (Lipinski definition) is 5. The van der Waals surface area contributed by atoms with Gasteiger partial charge in [-0.15, -0.1) is 11.3 Å². The number of benzene rings is 1. The lowest BCUT2D eigenvalue weighted by Crippen LogP contribution is -2.13. The van der Waals surface area contributed by atoms with Crippen LogP contribution in [0.25, 0.3) is 0 Å². The van der Waals surface area contributed by atoms with Crippen LogP contribution in [-0.2, 0) is 22.9 Å². The summed E-state index contributed by atoms with van der Waals surface area (Å²) in [4.78, 5) is 5.56. The maximum absolute atomic E-state index is 12.3. The molecule has 114 valence electrons. The van der Waals surface area contributed by atoms with E-state index in [1.54, 1.807) is 24.3 Å². The van der Waals surface area contributed by atoms with E-state index in [0.29, 0.717) is 11.7 Å². The Balaban J connectivity index is 2.20. The highest BCUT2D eigenvalue weighted by atomic mass is 32.2. The first-order valence-corrected chi connectivity index (χ1v) is 9.04. The minimum atomic E-state index is -3.59. The number of aryl methyl sites for hydroxylation is 2. The smallest absolute Gasteiger partial charge is 0.263 e. The number of hydrogen-bond donors (Lipinski definition) is 2. The lowest BCUT2D eigenvalue weighted by atomic mass is 10.2. The second-order valence-electron chi connectivity index (χ2n) is 4.66. The fourth-order valence-corrected chi connectivity index (χ4v) is 4.11. The van der Waals surface area contributed by atoms with Crippen LogP contribution in [0.1, 0.15) is 23.1 Å². The van der Waals surface area contributed by atoms with E-state index in [1.165, 1.54) is 11.3 Å². The van der Waals surface area contributed by atoms with Crippen LogP contribution in [0.15, 0.2) is 29.2 Å². The second kappa shape index (κ2) is 6.55. The summed E-state index contributed by atoms with van der Waals surface area (Å²) >= 11 is 1.35. The van der Waals surface area contributed by atoms with E-state index in [-0.39, 0.29) is 4.90 Å². The van der Waals surface area contributed by atoms with Crippen molar-refractivity contribution in [1.29, 1.82) is 0 Å². The van der Waals surface area contributed by atoms with Crippen molar-refractivity contribution in [3.8, 4) is 0 Å². The van der Waals surface area contributed by atoms with Crippen LogP contribution in [0, 0.1) is 6.92 Å². The highest BCUT2D eigenvalue weighted by Gasteiger charge is 2.17. The molecule has 0 bridgehead atoms. The Morgan fingerprint density at radius 3 is 2.48 bits per heavy atom. The molecule has 1 aromatic carbocycles. The molecule has 0 saturated carbocycles. The first-order chi connectivity index (χ1) is 9.96. The predicted octanol–water partition coefficient (Wildman–Crippen LogP) is 2.32. The number of anilines is 1. The molecule has 5 nitrogen and oxygen atoms in total. The van der Waals surface area contributed by atoms with Gasteiger partial charge < -0.3 is 5.73 Å². The molecule has 1 heterocycles. The maximum Gasteiger partial charge on any atom is 0.263 e. The minimum Gasteiger partial charge on any atom is -0.330 e. The first kappa shape index (κ1) is 15.9. The van der Waals surface area contributed by atoms with Crippen LogP contribution in [0.5, 0.6) is 0 Å². The summed E-state index contributed by atoms with van der Waals surface area (Å²) in [5.41, 5.74) is 7.43. The molecule has 0 fully saturated rings. The van der Waals surface area contributed by atoms with Crippen molar-refractivity contribution in [2.24, 2.45) is 5.73 Å². The molecule has 21 heavy (non-hydrogen) atoms. The zero-order chi connectivity index (χ0) is 15.5. The van der Waals surface area contributed by atoms with Crippen molar-refractivity contribution in [2.45, 2.75) is 31.6 Å². The van der Waals surface area contributed by atoms with Gasteiger partial charge in [0.25, 0.3) is 10.0 Å². The van der Waals surface area contributed by atoms with Crippen LogP contribution in [0.3, 0.4) is 0 Å². The standard InChI is InChI=1S/C14H19N3O2S2/c1-3-13-10(2)20-14(16-13)17-21(18,19)12-6-4-11(5-7-12)8-9-15/h4-7H,3,8-9,15H2,1-2H3,(H,16,17). The highest BCUT2D eigenvalue weighted by Crippen LogP contribution is 2.25. The number of rotatable bonds is 6. The molecule has 2 aromatic rings. The van der Waals surface area contributed by atoms with Gasteiger partial charge in [0, 0.05) is 4.88 Å². The van der Waals surface area contributed by atoms with Crippen LogP contribution >= 0.6 is 11.3 Å². The van der Waals surface area contributed by atoms with Crippen molar-refractivity contribution >= 4 is 26.5 Å². The molecule has 0 aliphatic heterocycles. The van der Waals surface area contributed by atoms with E-state index < -0.39 is 10.0 Å². The number of nitrogens with one attached hydrogen (secondary N) is 1. The van der Waals surface area contributed by atoms with Gasteiger partial charge in [-0.3, -0.25) is 4.72 Å². The minimum absolute atomic E-state index is 0.231. The number of sulfonamides is 1. The third-order valence-corrected chi connectivity index (χ3v) is 5.53. The number of nitrogens with two attached hydrogens (primary N) is 1. The van der Waals surface area contributed by atoms with E-state index in [4.69, 9.17) is 5.73 Å². The van der Waals surface area contributed by atoms with Gasteiger partial charge >= 0.3 is 0 Å². The zero-order valence-electron chi connectivity index (χ0n) is 12.1. The van der Waals surface area contributed by atoms with E-state index in [9.17, 15) is 8.42 Å². The van der Waals surface area contributed by atoms with E-state index in [1.807, 2.05) is 13.8 Å². The summed E-state index contributed by atoms with van der Waals surface area (Å²) in [6.07, 6.45) is 1.52. The number of nitrogens with zero attached hydrogens (tertiary/aromatic N) is 1. The lowest BCUT2D eigenvalue weighted by molar-refractivity contribution is 0.601. The average Bonchev–Trinajstić information content (AvgIpc) is 2.79. The Labute approximate surface area is 129 Å². The predicted molar refractivity (Wildman–Crippen MR) is 86.2 cm³/mol. The molecule has 0 saturated heterocycles. The largest absolute Gasteiger partial charge is 0.330 e.